The maximum atomic E-state index is 12.0. The summed E-state index contributed by atoms with van der Waals surface area (Å²) in [6.07, 6.45) is 2.65. The minimum absolute atomic E-state index is 0.213. The van der Waals surface area contributed by atoms with Crippen LogP contribution in [0, 0.1) is 0 Å². The van der Waals surface area contributed by atoms with Crippen LogP contribution in [0.5, 0.6) is 0 Å². The lowest BCUT2D eigenvalue weighted by Gasteiger charge is -2.21. The van der Waals surface area contributed by atoms with Gasteiger partial charge in [0.25, 0.3) is 5.91 Å². The molecule has 0 spiro atoms. The fourth-order valence-electron chi connectivity index (χ4n) is 2.07. The third kappa shape index (κ3) is 2.94. The van der Waals surface area contributed by atoms with Crippen LogP contribution in [-0.2, 0) is 9.57 Å². The van der Waals surface area contributed by atoms with Gasteiger partial charge in [-0.25, -0.2) is 10.3 Å². The Morgan fingerprint density at radius 3 is 3.05 bits per heavy atom. The van der Waals surface area contributed by atoms with Crippen molar-refractivity contribution < 1.29 is 14.4 Å². The number of hydroxylamine groups is 1. The zero-order valence-corrected chi connectivity index (χ0v) is 11.2. The first-order valence-electron chi connectivity index (χ1n) is 6.39. The molecule has 100 valence electrons. The quantitative estimate of drug-likeness (QED) is 0.877. The number of rotatable bonds is 3. The Balaban J connectivity index is 1.63. The van der Waals surface area contributed by atoms with E-state index in [0.717, 1.165) is 29.3 Å². The van der Waals surface area contributed by atoms with Crippen LogP contribution in [0.4, 0.5) is 0 Å². The van der Waals surface area contributed by atoms with Gasteiger partial charge in [0.1, 0.15) is 0 Å². The minimum atomic E-state index is -0.313. The number of nitrogens with one attached hydrogen (secondary N) is 1. The Morgan fingerprint density at radius 2 is 2.26 bits per heavy atom. The maximum absolute atomic E-state index is 12.0. The number of hydrogen-bond donors (Lipinski definition) is 1. The number of carbonyl (C=O) groups is 1. The molecule has 1 aliphatic rings. The molecule has 1 saturated heterocycles. The van der Waals surface area contributed by atoms with E-state index in [4.69, 9.17) is 9.57 Å². The van der Waals surface area contributed by atoms with Gasteiger partial charge in [0.05, 0.1) is 4.88 Å². The van der Waals surface area contributed by atoms with Gasteiger partial charge in [-0.2, -0.15) is 0 Å². The largest absolute Gasteiger partial charge is 0.350 e. The van der Waals surface area contributed by atoms with E-state index in [1.54, 1.807) is 0 Å². The van der Waals surface area contributed by atoms with E-state index in [1.807, 2.05) is 30.3 Å². The molecular weight excluding hydrogens is 262 g/mol. The maximum Gasteiger partial charge on any atom is 0.285 e. The van der Waals surface area contributed by atoms with Gasteiger partial charge in [0, 0.05) is 17.7 Å². The first-order chi connectivity index (χ1) is 9.33. The molecule has 1 amide bonds. The van der Waals surface area contributed by atoms with Gasteiger partial charge < -0.3 is 4.74 Å². The summed E-state index contributed by atoms with van der Waals surface area (Å²) >= 11 is 1.46. The van der Waals surface area contributed by atoms with Crippen LogP contribution in [0.3, 0.4) is 0 Å². The van der Waals surface area contributed by atoms with Gasteiger partial charge >= 0.3 is 0 Å². The van der Waals surface area contributed by atoms with Crippen LogP contribution in [0.1, 0.15) is 28.9 Å². The minimum Gasteiger partial charge on any atom is -0.350 e. The first kappa shape index (κ1) is 12.6. The Labute approximate surface area is 115 Å². The lowest BCUT2D eigenvalue weighted by molar-refractivity contribution is -0.186. The van der Waals surface area contributed by atoms with Crippen molar-refractivity contribution in [2.45, 2.75) is 25.6 Å². The lowest BCUT2D eigenvalue weighted by Crippen LogP contribution is -2.32. The topological polar surface area (TPSA) is 47.6 Å². The third-order valence-corrected chi connectivity index (χ3v) is 4.19. The van der Waals surface area contributed by atoms with Crippen molar-refractivity contribution in [3.8, 4) is 0 Å². The van der Waals surface area contributed by atoms with Gasteiger partial charge in [-0.1, -0.05) is 18.2 Å². The molecule has 1 aliphatic heterocycles. The number of fused-ring (bicyclic) bond motifs is 1. The summed E-state index contributed by atoms with van der Waals surface area (Å²) in [6.45, 7) is 0.698. The zero-order valence-electron chi connectivity index (χ0n) is 10.4. The molecule has 19 heavy (non-hydrogen) atoms. The van der Waals surface area contributed by atoms with Crippen molar-refractivity contribution in [1.29, 1.82) is 0 Å². The predicted octanol–water partition coefficient (Wildman–Crippen LogP) is 3.09. The molecule has 1 atom stereocenters. The normalized spacial score (nSPS) is 19.5. The standard InChI is InChI=1S/C14H15NO3S/c16-14(15-18-13-7-3-4-8-17-13)12-9-10-5-1-2-6-11(10)19-12/h1-2,5-6,9,13H,3-4,7-8H2,(H,15,16)/t13-/m0/s1. The van der Waals surface area contributed by atoms with Crippen LogP contribution < -0.4 is 5.48 Å². The van der Waals surface area contributed by atoms with Crippen molar-refractivity contribution in [2.24, 2.45) is 0 Å². The molecule has 0 radical (unpaired) electrons. The first-order valence-corrected chi connectivity index (χ1v) is 7.21. The summed E-state index contributed by atoms with van der Waals surface area (Å²) in [5.41, 5.74) is 2.48. The Kier molecular flexibility index (Phi) is 3.77. The number of thiophene rings is 1. The van der Waals surface area contributed by atoms with Crippen LogP contribution in [0.15, 0.2) is 30.3 Å². The molecule has 2 aromatic rings. The van der Waals surface area contributed by atoms with Gasteiger partial charge in [0.2, 0.25) is 0 Å². The van der Waals surface area contributed by atoms with E-state index in [-0.39, 0.29) is 12.2 Å². The van der Waals surface area contributed by atoms with E-state index in [9.17, 15) is 4.79 Å². The number of ether oxygens (including phenoxy) is 1. The summed E-state index contributed by atoms with van der Waals surface area (Å²) < 4.78 is 6.49. The van der Waals surface area contributed by atoms with E-state index in [1.165, 1.54) is 11.3 Å². The van der Waals surface area contributed by atoms with Gasteiger partial charge in [0.15, 0.2) is 6.29 Å². The summed E-state index contributed by atoms with van der Waals surface area (Å²) in [4.78, 5) is 17.9. The molecule has 1 aromatic heterocycles. The highest BCUT2D eigenvalue weighted by atomic mass is 32.1. The van der Waals surface area contributed by atoms with Crippen molar-refractivity contribution in [3.63, 3.8) is 0 Å². The number of amides is 1. The zero-order chi connectivity index (χ0) is 13.1. The molecule has 0 unspecified atom stereocenters. The van der Waals surface area contributed by atoms with Gasteiger partial charge in [-0.05, 0) is 30.4 Å². The smallest absolute Gasteiger partial charge is 0.285 e. The summed E-state index contributed by atoms with van der Waals surface area (Å²) in [7, 11) is 0. The Bertz CT molecular complexity index is 542. The summed E-state index contributed by atoms with van der Waals surface area (Å²) in [6, 6.07) is 9.80. The SMILES string of the molecule is O=C(NO[C@H]1CCCCO1)c1cc2ccccc2s1. The second-order valence-corrected chi connectivity index (χ2v) is 5.58. The average Bonchev–Trinajstić information content (AvgIpc) is 2.90. The molecule has 3 rings (SSSR count). The van der Waals surface area contributed by atoms with E-state index in [2.05, 4.69) is 5.48 Å². The average molecular weight is 277 g/mol. The summed E-state index contributed by atoms with van der Waals surface area (Å²) in [5, 5.41) is 1.08. The lowest BCUT2D eigenvalue weighted by atomic mass is 10.2. The van der Waals surface area contributed by atoms with Crippen LogP contribution >= 0.6 is 11.3 Å². The molecular formula is C14H15NO3S. The van der Waals surface area contributed by atoms with Crippen molar-refractivity contribution in [3.05, 3.63) is 35.2 Å². The summed E-state index contributed by atoms with van der Waals surface area (Å²) in [5.74, 6) is -0.213. The molecule has 0 aliphatic carbocycles. The van der Waals surface area contributed by atoms with Crippen LogP contribution in [-0.4, -0.2) is 18.8 Å². The molecule has 1 aromatic carbocycles. The van der Waals surface area contributed by atoms with Crippen molar-refractivity contribution in [1.82, 2.24) is 5.48 Å². The monoisotopic (exact) mass is 277 g/mol. The van der Waals surface area contributed by atoms with Crippen LogP contribution in [0.25, 0.3) is 10.1 Å². The number of benzene rings is 1. The highest BCUT2D eigenvalue weighted by molar-refractivity contribution is 7.20. The van der Waals surface area contributed by atoms with E-state index < -0.39 is 0 Å². The van der Waals surface area contributed by atoms with Crippen LogP contribution in [0.2, 0.25) is 0 Å². The fourth-order valence-corrected chi connectivity index (χ4v) is 3.02. The second kappa shape index (κ2) is 5.69. The molecule has 4 nitrogen and oxygen atoms in total. The second-order valence-electron chi connectivity index (χ2n) is 4.49. The highest BCUT2D eigenvalue weighted by Gasteiger charge is 2.17. The van der Waals surface area contributed by atoms with Crippen molar-refractivity contribution in [2.75, 3.05) is 6.61 Å². The molecule has 5 heteroatoms. The van der Waals surface area contributed by atoms with E-state index in [0.29, 0.717) is 11.5 Å². The van der Waals surface area contributed by atoms with E-state index >= 15 is 0 Å². The molecule has 0 bridgehead atoms. The van der Waals surface area contributed by atoms with Gasteiger partial charge in [-0.15, -0.1) is 11.3 Å². The Morgan fingerprint density at radius 1 is 1.37 bits per heavy atom. The molecule has 1 fully saturated rings. The highest BCUT2D eigenvalue weighted by Crippen LogP contribution is 2.25. The molecule has 2 heterocycles. The number of carbonyl (C=O) groups excluding carboxylic acids is 1. The number of hydrogen-bond acceptors (Lipinski definition) is 4. The third-order valence-electron chi connectivity index (χ3n) is 3.07. The fraction of sp³-hybridized carbons (Fsp3) is 0.357. The van der Waals surface area contributed by atoms with Crippen molar-refractivity contribution >= 4 is 27.3 Å². The Hall–Kier alpha value is -1.43. The predicted molar refractivity (Wildman–Crippen MR) is 74.0 cm³/mol. The molecule has 1 N–H and O–H groups in total. The molecule has 0 saturated carbocycles. The van der Waals surface area contributed by atoms with Gasteiger partial charge in [-0.3, -0.25) is 4.79 Å².